The minimum atomic E-state index is -3.95. The molecule has 0 aliphatic heterocycles. The number of sulfonamides is 1. The first-order valence-electron chi connectivity index (χ1n) is 9.95. The van der Waals surface area contributed by atoms with Crippen molar-refractivity contribution < 1.29 is 17.9 Å². The van der Waals surface area contributed by atoms with E-state index in [0.29, 0.717) is 27.3 Å². The molecule has 0 atom stereocenters. The summed E-state index contributed by atoms with van der Waals surface area (Å²) in [5.41, 5.74) is 2.09. The topological polar surface area (TPSA) is 110 Å². The van der Waals surface area contributed by atoms with Crippen LogP contribution in [0.1, 0.15) is 17.3 Å². The van der Waals surface area contributed by atoms with Gasteiger partial charge in [-0.25, -0.2) is 23.2 Å². The van der Waals surface area contributed by atoms with Crippen LogP contribution in [-0.2, 0) is 14.8 Å². The molecule has 4 rings (SSSR count). The van der Waals surface area contributed by atoms with Crippen LogP contribution in [0.15, 0.2) is 77.7 Å². The number of carbonyl (C=O) groups excluding carboxylic acids is 1. The summed E-state index contributed by atoms with van der Waals surface area (Å²) in [6.07, 6.45) is 0. The van der Waals surface area contributed by atoms with Crippen LogP contribution in [0.2, 0.25) is 5.02 Å². The van der Waals surface area contributed by atoms with Crippen LogP contribution in [0.4, 0.5) is 17.3 Å². The number of hydrogen-bond acceptors (Lipinski definition) is 7. The van der Waals surface area contributed by atoms with E-state index in [0.717, 1.165) is 0 Å². The summed E-state index contributed by atoms with van der Waals surface area (Å²) in [7, 11) is -3.95. The van der Waals surface area contributed by atoms with Crippen LogP contribution < -0.4 is 10.0 Å². The van der Waals surface area contributed by atoms with Gasteiger partial charge in [0, 0.05) is 10.7 Å². The predicted octanol–water partition coefficient (Wildman–Crippen LogP) is 5.00. The van der Waals surface area contributed by atoms with Crippen molar-refractivity contribution in [3.8, 4) is 0 Å². The van der Waals surface area contributed by atoms with Crippen LogP contribution in [0.25, 0.3) is 11.0 Å². The van der Waals surface area contributed by atoms with Gasteiger partial charge in [-0.1, -0.05) is 23.7 Å². The standard InChI is InChI=1S/C23H19ClN4O4S/c1-2-32-23(29)15-7-11-17(12-8-15)25-21-22(27-20-6-4-3-5-19(20)26-21)28-33(30,31)18-13-9-16(24)10-14-18/h3-14H,2H2,1H3,(H,25,26)(H,27,28). The molecule has 8 nitrogen and oxygen atoms in total. The number of ether oxygens (including phenoxy) is 1. The van der Waals surface area contributed by atoms with E-state index in [2.05, 4.69) is 20.0 Å². The molecule has 1 heterocycles. The summed E-state index contributed by atoms with van der Waals surface area (Å²) < 4.78 is 33.4. The number of fused-ring (bicyclic) bond motifs is 1. The zero-order valence-corrected chi connectivity index (χ0v) is 19.0. The molecule has 0 spiro atoms. The molecule has 0 bridgehead atoms. The van der Waals surface area contributed by atoms with E-state index in [9.17, 15) is 13.2 Å². The summed E-state index contributed by atoms with van der Waals surface area (Å²) in [4.78, 5) is 20.9. The molecule has 0 saturated heterocycles. The highest BCUT2D eigenvalue weighted by Crippen LogP contribution is 2.27. The van der Waals surface area contributed by atoms with Crippen LogP contribution in [0.3, 0.4) is 0 Å². The van der Waals surface area contributed by atoms with Crippen molar-refractivity contribution in [1.82, 2.24) is 9.97 Å². The van der Waals surface area contributed by atoms with Crippen LogP contribution >= 0.6 is 11.6 Å². The smallest absolute Gasteiger partial charge is 0.338 e. The van der Waals surface area contributed by atoms with E-state index in [4.69, 9.17) is 16.3 Å². The van der Waals surface area contributed by atoms with Crippen molar-refractivity contribution in [3.63, 3.8) is 0 Å². The van der Waals surface area contributed by atoms with Gasteiger partial charge in [0.15, 0.2) is 11.6 Å². The molecule has 168 valence electrons. The Hall–Kier alpha value is -3.69. The van der Waals surface area contributed by atoms with Gasteiger partial charge in [0.1, 0.15) is 0 Å². The summed E-state index contributed by atoms with van der Waals surface area (Å²) in [6.45, 7) is 2.02. The molecule has 0 saturated carbocycles. The van der Waals surface area contributed by atoms with E-state index in [1.165, 1.54) is 24.3 Å². The van der Waals surface area contributed by atoms with Gasteiger partial charge in [0.2, 0.25) is 0 Å². The summed E-state index contributed by atoms with van der Waals surface area (Å²) in [5.74, 6) is -0.195. The largest absolute Gasteiger partial charge is 0.462 e. The number of anilines is 3. The number of carbonyl (C=O) groups is 1. The third-order valence-electron chi connectivity index (χ3n) is 4.58. The van der Waals surface area contributed by atoms with Crippen molar-refractivity contribution in [1.29, 1.82) is 0 Å². The lowest BCUT2D eigenvalue weighted by Gasteiger charge is -2.14. The summed E-state index contributed by atoms with van der Waals surface area (Å²) in [5, 5.41) is 3.50. The van der Waals surface area contributed by atoms with Crippen molar-refractivity contribution >= 4 is 56.0 Å². The highest BCUT2D eigenvalue weighted by molar-refractivity contribution is 7.92. The van der Waals surface area contributed by atoms with Gasteiger partial charge >= 0.3 is 5.97 Å². The molecular formula is C23H19ClN4O4S. The van der Waals surface area contributed by atoms with E-state index in [1.54, 1.807) is 49.4 Å². The van der Waals surface area contributed by atoms with E-state index < -0.39 is 16.0 Å². The zero-order valence-electron chi connectivity index (χ0n) is 17.4. The average molecular weight is 483 g/mol. The molecule has 0 amide bonds. The van der Waals surface area contributed by atoms with Crippen LogP contribution in [0, 0.1) is 0 Å². The van der Waals surface area contributed by atoms with Crippen molar-refractivity contribution in [2.24, 2.45) is 0 Å². The molecule has 3 aromatic carbocycles. The van der Waals surface area contributed by atoms with Gasteiger partial charge in [-0.05, 0) is 67.6 Å². The molecule has 1 aromatic heterocycles. The normalized spacial score (nSPS) is 11.2. The molecule has 4 aromatic rings. The Labute approximate surface area is 195 Å². The number of rotatable bonds is 7. The fourth-order valence-corrected chi connectivity index (χ4v) is 4.13. The molecule has 2 N–H and O–H groups in total. The molecule has 0 fully saturated rings. The number of halogens is 1. The van der Waals surface area contributed by atoms with E-state index >= 15 is 0 Å². The minimum absolute atomic E-state index is 0.0260. The predicted molar refractivity (Wildman–Crippen MR) is 127 cm³/mol. The number of nitrogens with one attached hydrogen (secondary N) is 2. The number of para-hydroxylation sites is 2. The van der Waals surface area contributed by atoms with Gasteiger partial charge in [-0.2, -0.15) is 0 Å². The lowest BCUT2D eigenvalue weighted by Crippen LogP contribution is -2.16. The molecule has 10 heteroatoms. The first-order chi connectivity index (χ1) is 15.9. The second-order valence-electron chi connectivity index (χ2n) is 6.89. The highest BCUT2D eigenvalue weighted by atomic mass is 35.5. The Morgan fingerprint density at radius 2 is 1.52 bits per heavy atom. The lowest BCUT2D eigenvalue weighted by molar-refractivity contribution is 0.0526. The zero-order chi connectivity index (χ0) is 23.4. The average Bonchev–Trinajstić information content (AvgIpc) is 2.80. The summed E-state index contributed by atoms with van der Waals surface area (Å²) in [6, 6.07) is 19.4. The fraction of sp³-hybridized carbons (Fsp3) is 0.0870. The van der Waals surface area contributed by atoms with Crippen molar-refractivity contribution in [2.45, 2.75) is 11.8 Å². The van der Waals surface area contributed by atoms with Gasteiger partial charge < -0.3 is 10.1 Å². The number of aromatic nitrogens is 2. The number of benzene rings is 3. The quantitative estimate of drug-likeness (QED) is 0.356. The molecule has 33 heavy (non-hydrogen) atoms. The lowest BCUT2D eigenvalue weighted by atomic mass is 10.2. The Morgan fingerprint density at radius 3 is 2.12 bits per heavy atom. The summed E-state index contributed by atoms with van der Waals surface area (Å²) >= 11 is 5.87. The van der Waals surface area contributed by atoms with E-state index in [1.807, 2.05) is 6.07 Å². The third kappa shape index (κ3) is 5.21. The van der Waals surface area contributed by atoms with Gasteiger partial charge in [0.05, 0.1) is 28.1 Å². The maximum atomic E-state index is 12.9. The van der Waals surface area contributed by atoms with Gasteiger partial charge in [0.25, 0.3) is 10.0 Å². The Morgan fingerprint density at radius 1 is 0.909 bits per heavy atom. The van der Waals surface area contributed by atoms with Crippen molar-refractivity contribution in [3.05, 3.63) is 83.4 Å². The van der Waals surface area contributed by atoms with Crippen LogP contribution in [0.5, 0.6) is 0 Å². The Bertz CT molecular complexity index is 1410. The molecule has 0 unspecified atom stereocenters. The first-order valence-corrected chi connectivity index (χ1v) is 11.8. The maximum Gasteiger partial charge on any atom is 0.338 e. The number of hydrogen-bond donors (Lipinski definition) is 2. The monoisotopic (exact) mass is 482 g/mol. The Balaban J connectivity index is 1.69. The maximum absolute atomic E-state index is 12.9. The SMILES string of the molecule is CCOC(=O)c1ccc(Nc2nc3ccccc3nc2NS(=O)(=O)c2ccc(Cl)cc2)cc1. The number of nitrogens with zero attached hydrogens (tertiary/aromatic N) is 2. The molecular weight excluding hydrogens is 464 g/mol. The van der Waals surface area contributed by atoms with Gasteiger partial charge in [-0.15, -0.1) is 0 Å². The molecule has 0 aliphatic carbocycles. The third-order valence-corrected chi connectivity index (χ3v) is 6.19. The fourth-order valence-electron chi connectivity index (χ4n) is 3.00. The Kier molecular flexibility index (Phi) is 6.43. The number of esters is 1. The van der Waals surface area contributed by atoms with Crippen molar-refractivity contribution in [2.75, 3.05) is 16.6 Å². The first kappa shape index (κ1) is 22.5. The van der Waals surface area contributed by atoms with Gasteiger partial charge in [-0.3, -0.25) is 4.72 Å². The second-order valence-corrected chi connectivity index (χ2v) is 9.01. The highest BCUT2D eigenvalue weighted by Gasteiger charge is 2.19. The molecule has 0 aliphatic rings. The van der Waals surface area contributed by atoms with E-state index in [-0.39, 0.29) is 23.1 Å². The van der Waals surface area contributed by atoms with Crippen LogP contribution in [-0.4, -0.2) is 31.0 Å². The molecule has 0 radical (unpaired) electrons. The minimum Gasteiger partial charge on any atom is -0.462 e. The second kappa shape index (κ2) is 9.43.